The molecule has 98 valence electrons. The fourth-order valence-electron chi connectivity index (χ4n) is 2.83. The van der Waals surface area contributed by atoms with Crippen LogP contribution in [0.5, 0.6) is 0 Å². The van der Waals surface area contributed by atoms with Gasteiger partial charge in [-0.3, -0.25) is 4.79 Å². The van der Waals surface area contributed by atoms with Gasteiger partial charge in [0, 0.05) is 26.2 Å². The maximum absolute atomic E-state index is 11.8. The molecule has 1 atom stereocenters. The fourth-order valence-corrected chi connectivity index (χ4v) is 2.83. The first-order valence-corrected chi connectivity index (χ1v) is 6.97. The van der Waals surface area contributed by atoms with Gasteiger partial charge in [-0.15, -0.1) is 0 Å². The predicted molar refractivity (Wildman–Crippen MR) is 66.4 cm³/mol. The van der Waals surface area contributed by atoms with E-state index in [1.165, 1.54) is 19.3 Å². The normalized spacial score (nSPS) is 27.9. The molecular weight excluding hydrogens is 216 g/mol. The number of ether oxygens (including phenoxy) is 1. The van der Waals surface area contributed by atoms with Crippen LogP contribution >= 0.6 is 0 Å². The summed E-state index contributed by atoms with van der Waals surface area (Å²) in [7, 11) is 0. The molecule has 0 radical (unpaired) electrons. The molecule has 0 aliphatic carbocycles. The van der Waals surface area contributed by atoms with E-state index in [9.17, 15) is 4.79 Å². The topological polar surface area (TPSA) is 32.8 Å². The first-order chi connectivity index (χ1) is 8.31. The zero-order chi connectivity index (χ0) is 12.1. The largest absolute Gasteiger partial charge is 0.466 e. The summed E-state index contributed by atoms with van der Waals surface area (Å²) < 4.78 is 5.13. The molecular formula is C13H24N2O2. The van der Waals surface area contributed by atoms with Crippen molar-refractivity contribution in [1.29, 1.82) is 0 Å². The van der Waals surface area contributed by atoms with Crippen LogP contribution in [-0.4, -0.2) is 48.8 Å². The number of esters is 1. The highest BCUT2D eigenvalue weighted by atomic mass is 16.5. The minimum absolute atomic E-state index is 0.00536. The minimum atomic E-state index is -0.00536. The lowest BCUT2D eigenvalue weighted by Crippen LogP contribution is -2.51. The Morgan fingerprint density at radius 2 is 1.82 bits per heavy atom. The molecule has 2 aliphatic heterocycles. The standard InChI is InChI=1S/C13H24N2O2/c1-2-17-13(16)12-7-6-10-15(11-12)14-8-4-3-5-9-14/h12H,2-11H2,1H3. The maximum atomic E-state index is 11.8. The summed E-state index contributed by atoms with van der Waals surface area (Å²) in [4.78, 5) is 11.8. The highest BCUT2D eigenvalue weighted by molar-refractivity contribution is 5.72. The van der Waals surface area contributed by atoms with Crippen LogP contribution in [0.1, 0.15) is 39.0 Å². The number of rotatable bonds is 3. The van der Waals surface area contributed by atoms with Gasteiger partial charge in [-0.25, -0.2) is 10.0 Å². The summed E-state index contributed by atoms with van der Waals surface area (Å²) in [5, 5.41) is 4.82. The zero-order valence-electron chi connectivity index (χ0n) is 10.9. The van der Waals surface area contributed by atoms with Gasteiger partial charge in [0.2, 0.25) is 0 Å². The third-order valence-electron chi connectivity index (χ3n) is 3.75. The highest BCUT2D eigenvalue weighted by Gasteiger charge is 2.29. The molecule has 0 saturated carbocycles. The van der Waals surface area contributed by atoms with Gasteiger partial charge < -0.3 is 4.74 Å². The van der Waals surface area contributed by atoms with Gasteiger partial charge in [0.05, 0.1) is 12.5 Å². The molecule has 1 unspecified atom stereocenters. The number of nitrogens with zero attached hydrogens (tertiary/aromatic N) is 2. The van der Waals surface area contributed by atoms with Gasteiger partial charge >= 0.3 is 5.97 Å². The van der Waals surface area contributed by atoms with E-state index in [1.54, 1.807) is 0 Å². The lowest BCUT2D eigenvalue weighted by molar-refractivity contribution is -0.154. The smallest absolute Gasteiger partial charge is 0.310 e. The van der Waals surface area contributed by atoms with E-state index in [1.807, 2.05) is 6.92 Å². The van der Waals surface area contributed by atoms with Crippen LogP contribution in [0.15, 0.2) is 0 Å². The first-order valence-electron chi connectivity index (χ1n) is 6.97. The zero-order valence-corrected chi connectivity index (χ0v) is 10.9. The van der Waals surface area contributed by atoms with E-state index in [-0.39, 0.29) is 11.9 Å². The number of carbonyl (C=O) groups excluding carboxylic acids is 1. The van der Waals surface area contributed by atoms with Gasteiger partial charge in [0.15, 0.2) is 0 Å². The Balaban J connectivity index is 1.85. The summed E-state index contributed by atoms with van der Waals surface area (Å²) in [5.74, 6) is 0.0832. The van der Waals surface area contributed by atoms with E-state index < -0.39 is 0 Å². The van der Waals surface area contributed by atoms with Crippen LogP contribution in [0.4, 0.5) is 0 Å². The van der Waals surface area contributed by atoms with Gasteiger partial charge in [0.25, 0.3) is 0 Å². The third-order valence-corrected chi connectivity index (χ3v) is 3.75. The average molecular weight is 240 g/mol. The molecule has 0 amide bonds. The minimum Gasteiger partial charge on any atom is -0.466 e. The van der Waals surface area contributed by atoms with Gasteiger partial charge in [-0.05, 0) is 32.6 Å². The van der Waals surface area contributed by atoms with Gasteiger partial charge in [-0.2, -0.15) is 0 Å². The fraction of sp³-hybridized carbons (Fsp3) is 0.923. The second kappa shape index (κ2) is 6.36. The van der Waals surface area contributed by atoms with Crippen molar-refractivity contribution in [2.45, 2.75) is 39.0 Å². The lowest BCUT2D eigenvalue weighted by Gasteiger charge is -2.41. The molecule has 0 aromatic rings. The van der Waals surface area contributed by atoms with Gasteiger partial charge in [0.1, 0.15) is 0 Å². The van der Waals surface area contributed by atoms with E-state index >= 15 is 0 Å². The second-order valence-corrected chi connectivity index (χ2v) is 5.02. The molecule has 0 N–H and O–H groups in total. The summed E-state index contributed by atoms with van der Waals surface area (Å²) in [6.45, 7) is 6.67. The maximum Gasteiger partial charge on any atom is 0.310 e. The lowest BCUT2D eigenvalue weighted by atomic mass is 9.99. The second-order valence-electron chi connectivity index (χ2n) is 5.02. The number of piperidine rings is 2. The van der Waals surface area contributed by atoms with Crippen LogP contribution in [-0.2, 0) is 9.53 Å². The molecule has 2 heterocycles. The number of carbonyl (C=O) groups is 1. The van der Waals surface area contributed by atoms with Crippen molar-refractivity contribution in [1.82, 2.24) is 10.0 Å². The highest BCUT2D eigenvalue weighted by Crippen LogP contribution is 2.21. The Labute approximate surface area is 104 Å². The Morgan fingerprint density at radius 1 is 1.12 bits per heavy atom. The molecule has 0 aromatic carbocycles. The summed E-state index contributed by atoms with van der Waals surface area (Å²) in [5.41, 5.74) is 0. The van der Waals surface area contributed by atoms with Crippen LogP contribution in [0, 0.1) is 5.92 Å². The van der Waals surface area contributed by atoms with Crippen molar-refractivity contribution in [2.75, 3.05) is 32.8 Å². The Kier molecular flexibility index (Phi) is 4.80. The quantitative estimate of drug-likeness (QED) is 0.702. The van der Waals surface area contributed by atoms with Gasteiger partial charge in [-0.1, -0.05) is 6.42 Å². The predicted octanol–water partition coefficient (Wildman–Crippen LogP) is 1.66. The summed E-state index contributed by atoms with van der Waals surface area (Å²) >= 11 is 0. The van der Waals surface area contributed by atoms with Crippen LogP contribution in [0.25, 0.3) is 0 Å². The van der Waals surface area contributed by atoms with Crippen molar-refractivity contribution in [3.8, 4) is 0 Å². The Bertz CT molecular complexity index is 252. The summed E-state index contributed by atoms with van der Waals surface area (Å²) in [6.07, 6.45) is 6.04. The van der Waals surface area contributed by atoms with Crippen molar-refractivity contribution in [3.05, 3.63) is 0 Å². The monoisotopic (exact) mass is 240 g/mol. The molecule has 0 spiro atoms. The van der Waals surface area contributed by atoms with Crippen LogP contribution in [0.3, 0.4) is 0 Å². The Hall–Kier alpha value is -0.610. The van der Waals surface area contributed by atoms with Crippen LogP contribution < -0.4 is 0 Å². The molecule has 2 saturated heterocycles. The molecule has 4 nitrogen and oxygen atoms in total. The molecule has 4 heteroatoms. The SMILES string of the molecule is CCOC(=O)C1CCCN(N2CCCCC2)C1. The molecule has 2 rings (SSSR count). The number of hydrogen-bond acceptors (Lipinski definition) is 4. The van der Waals surface area contributed by atoms with Crippen molar-refractivity contribution < 1.29 is 9.53 Å². The number of hydrogen-bond donors (Lipinski definition) is 0. The van der Waals surface area contributed by atoms with E-state index in [0.29, 0.717) is 6.61 Å². The molecule has 2 fully saturated rings. The summed E-state index contributed by atoms with van der Waals surface area (Å²) in [6, 6.07) is 0. The van der Waals surface area contributed by atoms with Crippen molar-refractivity contribution >= 4 is 5.97 Å². The van der Waals surface area contributed by atoms with Crippen molar-refractivity contribution in [3.63, 3.8) is 0 Å². The van der Waals surface area contributed by atoms with E-state index in [0.717, 1.165) is 39.0 Å². The van der Waals surface area contributed by atoms with Crippen molar-refractivity contribution in [2.24, 2.45) is 5.92 Å². The molecule has 0 bridgehead atoms. The molecule has 0 aromatic heterocycles. The molecule has 2 aliphatic rings. The Morgan fingerprint density at radius 3 is 2.53 bits per heavy atom. The van der Waals surface area contributed by atoms with Crippen LogP contribution in [0.2, 0.25) is 0 Å². The van der Waals surface area contributed by atoms with E-state index in [4.69, 9.17) is 4.74 Å². The first kappa shape index (κ1) is 12.8. The van der Waals surface area contributed by atoms with E-state index in [2.05, 4.69) is 10.0 Å². The number of hydrazine groups is 1. The molecule has 17 heavy (non-hydrogen) atoms. The third kappa shape index (κ3) is 3.42. The average Bonchev–Trinajstić information content (AvgIpc) is 2.40.